The normalized spacial score (nSPS) is 21.3. The van der Waals surface area contributed by atoms with Crippen molar-refractivity contribution >= 4 is 17.6 Å². The van der Waals surface area contributed by atoms with Crippen molar-refractivity contribution < 1.29 is 9.53 Å². The highest BCUT2D eigenvalue weighted by atomic mass is 35.5. The van der Waals surface area contributed by atoms with Crippen molar-refractivity contribution in [1.82, 2.24) is 25.5 Å². The standard InChI is InChI=1S/C22H24ClN5O2/c1-30-22(20-14-19(25-15-26-20)16-2-4-17(23)5-3-16)8-6-18(7-9-22)27-21(29)28-12-10-24-11-13-28/h2-8,14-15,24H,9-13H2,1H3,(H,27,29). The van der Waals surface area contributed by atoms with Gasteiger partial charge in [-0.05, 0) is 30.4 Å². The molecule has 7 nitrogen and oxygen atoms in total. The first kappa shape index (κ1) is 20.5. The molecule has 8 heteroatoms. The molecule has 2 aromatic rings. The SMILES string of the molecule is COC1(c2cc(-c3ccc(Cl)cc3)ncn2)C=CC(NC(=O)N2CCNCC2)=CC1. The van der Waals surface area contributed by atoms with Crippen LogP contribution in [0, 0.1) is 0 Å². The van der Waals surface area contributed by atoms with Crippen molar-refractivity contribution in [2.24, 2.45) is 0 Å². The van der Waals surface area contributed by atoms with Crippen LogP contribution in [0.2, 0.25) is 5.02 Å². The van der Waals surface area contributed by atoms with E-state index in [1.807, 2.05) is 53.5 Å². The molecule has 156 valence electrons. The highest BCUT2D eigenvalue weighted by Gasteiger charge is 2.33. The van der Waals surface area contributed by atoms with E-state index in [4.69, 9.17) is 16.3 Å². The minimum atomic E-state index is -0.715. The number of amides is 2. The number of rotatable bonds is 4. The van der Waals surface area contributed by atoms with Crippen molar-refractivity contribution in [2.75, 3.05) is 33.3 Å². The average Bonchev–Trinajstić information content (AvgIpc) is 2.81. The lowest BCUT2D eigenvalue weighted by Gasteiger charge is -2.32. The Labute approximate surface area is 180 Å². The minimum Gasteiger partial charge on any atom is -0.367 e. The molecule has 4 rings (SSSR count). The molecule has 1 fully saturated rings. The molecule has 2 N–H and O–H groups in total. The predicted molar refractivity (Wildman–Crippen MR) is 116 cm³/mol. The number of nitrogens with zero attached hydrogens (tertiary/aromatic N) is 3. The number of urea groups is 1. The highest BCUT2D eigenvalue weighted by molar-refractivity contribution is 6.30. The number of aromatic nitrogens is 2. The van der Waals surface area contributed by atoms with Gasteiger partial charge in [0.1, 0.15) is 11.9 Å². The number of carbonyl (C=O) groups excluding carboxylic acids is 1. The second-order valence-corrected chi connectivity index (χ2v) is 7.69. The van der Waals surface area contributed by atoms with E-state index in [1.165, 1.54) is 0 Å². The summed E-state index contributed by atoms with van der Waals surface area (Å²) >= 11 is 5.99. The Morgan fingerprint density at radius 2 is 2.00 bits per heavy atom. The molecule has 0 radical (unpaired) electrons. The van der Waals surface area contributed by atoms with Crippen molar-refractivity contribution in [3.8, 4) is 11.3 Å². The fourth-order valence-electron chi connectivity index (χ4n) is 3.60. The van der Waals surface area contributed by atoms with Gasteiger partial charge in [-0.2, -0.15) is 0 Å². The number of nitrogens with one attached hydrogen (secondary N) is 2. The van der Waals surface area contributed by atoms with E-state index in [1.54, 1.807) is 13.4 Å². The largest absolute Gasteiger partial charge is 0.367 e. The van der Waals surface area contributed by atoms with Gasteiger partial charge >= 0.3 is 6.03 Å². The molecule has 1 aromatic heterocycles. The highest BCUT2D eigenvalue weighted by Crippen LogP contribution is 2.34. The Morgan fingerprint density at radius 1 is 1.23 bits per heavy atom. The molecule has 30 heavy (non-hydrogen) atoms. The van der Waals surface area contributed by atoms with E-state index in [9.17, 15) is 4.79 Å². The number of benzene rings is 1. The molecular formula is C22H24ClN5O2. The number of piperazine rings is 1. The van der Waals surface area contributed by atoms with Crippen LogP contribution >= 0.6 is 11.6 Å². The van der Waals surface area contributed by atoms with Gasteiger partial charge in [-0.15, -0.1) is 0 Å². The molecule has 1 aliphatic heterocycles. The van der Waals surface area contributed by atoms with Gasteiger partial charge < -0.3 is 20.3 Å². The zero-order chi connectivity index (χ0) is 21.0. The van der Waals surface area contributed by atoms with Crippen molar-refractivity contribution in [2.45, 2.75) is 12.0 Å². The van der Waals surface area contributed by atoms with Crippen LogP contribution in [0.3, 0.4) is 0 Å². The van der Waals surface area contributed by atoms with Crippen LogP contribution in [0.25, 0.3) is 11.3 Å². The molecule has 1 aliphatic carbocycles. The first-order valence-electron chi connectivity index (χ1n) is 9.89. The van der Waals surface area contributed by atoms with Crippen LogP contribution in [0.4, 0.5) is 4.79 Å². The third-order valence-electron chi connectivity index (χ3n) is 5.42. The number of methoxy groups -OCH3 is 1. The van der Waals surface area contributed by atoms with Crippen LogP contribution < -0.4 is 10.6 Å². The Kier molecular flexibility index (Phi) is 6.13. The van der Waals surface area contributed by atoms with E-state index < -0.39 is 5.60 Å². The molecular weight excluding hydrogens is 402 g/mol. The summed E-state index contributed by atoms with van der Waals surface area (Å²) in [6.07, 6.45) is 7.87. The zero-order valence-corrected chi connectivity index (χ0v) is 17.5. The van der Waals surface area contributed by atoms with Crippen molar-refractivity contribution in [1.29, 1.82) is 0 Å². The Morgan fingerprint density at radius 3 is 2.67 bits per heavy atom. The summed E-state index contributed by atoms with van der Waals surface area (Å²) in [6, 6.07) is 9.37. The summed E-state index contributed by atoms with van der Waals surface area (Å²) in [5.74, 6) is 0. The fourth-order valence-corrected chi connectivity index (χ4v) is 3.72. The summed E-state index contributed by atoms with van der Waals surface area (Å²) in [7, 11) is 1.66. The lowest BCUT2D eigenvalue weighted by atomic mass is 9.89. The number of ether oxygens (including phenoxy) is 1. The number of halogens is 1. The van der Waals surface area contributed by atoms with Crippen LogP contribution in [0.5, 0.6) is 0 Å². The van der Waals surface area contributed by atoms with Gasteiger partial charge in [0, 0.05) is 56.0 Å². The zero-order valence-electron chi connectivity index (χ0n) is 16.8. The summed E-state index contributed by atoms with van der Waals surface area (Å²) < 4.78 is 5.87. The molecule has 0 spiro atoms. The van der Waals surface area contributed by atoms with E-state index >= 15 is 0 Å². The van der Waals surface area contributed by atoms with Crippen LogP contribution in [-0.4, -0.2) is 54.2 Å². The third-order valence-corrected chi connectivity index (χ3v) is 5.67. The summed E-state index contributed by atoms with van der Waals surface area (Å²) in [5, 5.41) is 6.90. The Hall–Kier alpha value is -2.74. The molecule has 2 aliphatic rings. The summed E-state index contributed by atoms with van der Waals surface area (Å²) in [4.78, 5) is 23.1. The van der Waals surface area contributed by atoms with Gasteiger partial charge in [0.05, 0.1) is 11.4 Å². The molecule has 1 aromatic carbocycles. The van der Waals surface area contributed by atoms with E-state index in [-0.39, 0.29) is 6.03 Å². The lowest BCUT2D eigenvalue weighted by Crippen LogP contribution is -2.50. The van der Waals surface area contributed by atoms with E-state index in [2.05, 4.69) is 20.6 Å². The smallest absolute Gasteiger partial charge is 0.321 e. The fraction of sp³-hybridized carbons (Fsp3) is 0.318. The lowest BCUT2D eigenvalue weighted by molar-refractivity contribution is 0.0265. The Bertz CT molecular complexity index is 970. The molecule has 1 saturated heterocycles. The van der Waals surface area contributed by atoms with Crippen LogP contribution in [-0.2, 0) is 10.3 Å². The maximum atomic E-state index is 12.4. The maximum Gasteiger partial charge on any atom is 0.321 e. The Balaban J connectivity index is 1.50. The molecule has 1 unspecified atom stereocenters. The van der Waals surface area contributed by atoms with Gasteiger partial charge in [-0.1, -0.05) is 29.8 Å². The quantitative estimate of drug-likeness (QED) is 0.786. The molecule has 2 heterocycles. The summed E-state index contributed by atoms with van der Waals surface area (Å²) in [5.41, 5.74) is 2.55. The molecule has 1 atom stereocenters. The number of allylic oxidation sites excluding steroid dienone is 1. The number of hydrogen-bond donors (Lipinski definition) is 2. The summed E-state index contributed by atoms with van der Waals surface area (Å²) in [6.45, 7) is 3.05. The van der Waals surface area contributed by atoms with Gasteiger partial charge in [-0.25, -0.2) is 14.8 Å². The number of carbonyl (C=O) groups is 1. The second kappa shape index (κ2) is 8.95. The minimum absolute atomic E-state index is 0.0793. The van der Waals surface area contributed by atoms with Gasteiger partial charge in [-0.3, -0.25) is 0 Å². The van der Waals surface area contributed by atoms with Crippen molar-refractivity contribution in [3.05, 3.63) is 71.3 Å². The van der Waals surface area contributed by atoms with Crippen molar-refractivity contribution in [3.63, 3.8) is 0 Å². The number of hydrogen-bond acceptors (Lipinski definition) is 5. The van der Waals surface area contributed by atoms with E-state index in [0.717, 1.165) is 35.7 Å². The second-order valence-electron chi connectivity index (χ2n) is 7.25. The van der Waals surface area contributed by atoms with Gasteiger partial charge in [0.2, 0.25) is 0 Å². The third kappa shape index (κ3) is 4.38. The molecule has 0 bridgehead atoms. The monoisotopic (exact) mass is 425 g/mol. The van der Waals surface area contributed by atoms with Crippen LogP contribution in [0.15, 0.2) is 60.6 Å². The molecule has 0 saturated carbocycles. The first-order valence-corrected chi connectivity index (χ1v) is 10.3. The maximum absolute atomic E-state index is 12.4. The average molecular weight is 426 g/mol. The topological polar surface area (TPSA) is 79.4 Å². The van der Waals surface area contributed by atoms with Crippen LogP contribution in [0.1, 0.15) is 12.1 Å². The first-order chi connectivity index (χ1) is 14.6. The van der Waals surface area contributed by atoms with Gasteiger partial charge in [0.25, 0.3) is 0 Å². The predicted octanol–water partition coefficient (Wildman–Crippen LogP) is 3.10. The van der Waals surface area contributed by atoms with E-state index in [0.29, 0.717) is 24.5 Å². The molecule has 2 amide bonds. The van der Waals surface area contributed by atoms with Gasteiger partial charge in [0.15, 0.2) is 0 Å².